The Bertz CT molecular complexity index is 140. The second-order valence-corrected chi connectivity index (χ2v) is 1.38. The fourth-order valence-electron chi connectivity index (χ4n) is 0.385. The summed E-state index contributed by atoms with van der Waals surface area (Å²) in [5.41, 5.74) is 0. The van der Waals surface area contributed by atoms with Gasteiger partial charge in [0.1, 0.15) is 0 Å². The summed E-state index contributed by atoms with van der Waals surface area (Å²) in [7, 11) is 2.42. The van der Waals surface area contributed by atoms with E-state index in [9.17, 15) is 0 Å². The van der Waals surface area contributed by atoms with E-state index in [4.69, 9.17) is 11.7 Å². The molecule has 0 spiro atoms. The molecule has 2 heteroatoms. The van der Waals surface area contributed by atoms with Crippen molar-refractivity contribution in [3.8, 4) is 0 Å². The summed E-state index contributed by atoms with van der Waals surface area (Å²) in [5.74, 6) is 0. The van der Waals surface area contributed by atoms with Gasteiger partial charge in [-0.1, -0.05) is 50.2 Å². The second kappa shape index (κ2) is 31.0. The van der Waals surface area contributed by atoms with E-state index in [1.807, 2.05) is 50.2 Å². The molecule has 0 amide bonds. The molecular formula is C11H19NO. The number of aliphatic hydroxyl groups excluding tert-OH is 1. The zero-order chi connectivity index (χ0) is 10.9. The summed E-state index contributed by atoms with van der Waals surface area (Å²) in [4.78, 5) is 2.75. The molecule has 0 saturated heterocycles. The van der Waals surface area contributed by atoms with Gasteiger partial charge < -0.3 is 9.95 Å². The van der Waals surface area contributed by atoms with Crippen molar-refractivity contribution >= 4 is 0 Å². The molecule has 1 aromatic rings. The van der Waals surface area contributed by atoms with Gasteiger partial charge in [0.25, 0.3) is 0 Å². The minimum absolute atomic E-state index is 1.00. The summed E-state index contributed by atoms with van der Waals surface area (Å²) in [6.45, 7) is 9.83. The minimum atomic E-state index is 1.00. The van der Waals surface area contributed by atoms with E-state index in [-0.39, 0.29) is 0 Å². The first-order valence-electron chi connectivity index (χ1n) is 4.12. The molecule has 2 nitrogen and oxygen atoms in total. The topological polar surface area (TPSA) is 24.6 Å². The van der Waals surface area contributed by atoms with E-state index in [0.717, 1.165) is 7.11 Å². The Morgan fingerprint density at radius 1 is 0.846 bits per heavy atom. The van der Waals surface area contributed by atoms with E-state index < -0.39 is 0 Å². The van der Waals surface area contributed by atoms with Crippen LogP contribution in [0.3, 0.4) is 0 Å². The highest BCUT2D eigenvalue weighted by Crippen LogP contribution is 1.79. The molecule has 13 heavy (non-hydrogen) atoms. The first-order chi connectivity index (χ1) is 6.41. The van der Waals surface area contributed by atoms with Gasteiger partial charge in [0, 0.05) is 7.11 Å². The number of aliphatic hydroxyl groups is 1. The van der Waals surface area contributed by atoms with Crippen LogP contribution < -0.4 is 0 Å². The average Bonchev–Trinajstić information content (AvgIpc) is 2.27. The number of hydrogen-bond acceptors (Lipinski definition) is 1. The third kappa shape index (κ3) is 36.8. The van der Waals surface area contributed by atoms with Crippen LogP contribution in [0, 0.1) is 6.57 Å². The monoisotopic (exact) mass is 181 g/mol. The van der Waals surface area contributed by atoms with Crippen LogP contribution >= 0.6 is 0 Å². The summed E-state index contributed by atoms with van der Waals surface area (Å²) < 4.78 is 0. The van der Waals surface area contributed by atoms with Crippen LogP contribution in [0.1, 0.15) is 13.8 Å². The lowest BCUT2D eigenvalue weighted by Crippen LogP contribution is -1.47. The van der Waals surface area contributed by atoms with Crippen molar-refractivity contribution in [3.05, 3.63) is 47.8 Å². The van der Waals surface area contributed by atoms with Gasteiger partial charge in [-0.3, -0.25) is 0 Å². The largest absolute Gasteiger partial charge is 0.400 e. The van der Waals surface area contributed by atoms with Crippen molar-refractivity contribution in [3.63, 3.8) is 0 Å². The van der Waals surface area contributed by atoms with Crippen LogP contribution in [-0.2, 0) is 0 Å². The maximum Gasteiger partial charge on any atom is 0.205 e. The van der Waals surface area contributed by atoms with E-state index in [1.165, 1.54) is 7.05 Å². The Labute approximate surface area is 81.7 Å². The number of nitrogens with zero attached hydrogens (tertiary/aromatic N) is 1. The Balaban J connectivity index is -0.000000124. The van der Waals surface area contributed by atoms with Crippen LogP contribution in [0.25, 0.3) is 4.85 Å². The summed E-state index contributed by atoms with van der Waals surface area (Å²) in [6.07, 6.45) is 0. The van der Waals surface area contributed by atoms with E-state index in [2.05, 4.69) is 4.85 Å². The minimum Gasteiger partial charge on any atom is -0.400 e. The smallest absolute Gasteiger partial charge is 0.205 e. The highest BCUT2D eigenvalue weighted by Gasteiger charge is 1.57. The maximum absolute atomic E-state index is 7.00. The zero-order valence-electron chi connectivity index (χ0n) is 8.86. The van der Waals surface area contributed by atoms with E-state index in [1.54, 1.807) is 0 Å². The van der Waals surface area contributed by atoms with Crippen molar-refractivity contribution in [2.45, 2.75) is 13.8 Å². The van der Waals surface area contributed by atoms with Crippen molar-refractivity contribution in [1.82, 2.24) is 0 Å². The van der Waals surface area contributed by atoms with Gasteiger partial charge in [-0.25, -0.2) is 6.57 Å². The molecule has 74 valence electrons. The first kappa shape index (κ1) is 17.7. The van der Waals surface area contributed by atoms with Crippen LogP contribution in [-0.4, -0.2) is 19.3 Å². The number of rotatable bonds is 0. The Morgan fingerprint density at radius 3 is 1.00 bits per heavy atom. The second-order valence-electron chi connectivity index (χ2n) is 1.38. The molecule has 0 aliphatic rings. The van der Waals surface area contributed by atoms with Gasteiger partial charge in [-0.2, -0.15) is 0 Å². The van der Waals surface area contributed by atoms with Crippen molar-refractivity contribution in [2.24, 2.45) is 0 Å². The van der Waals surface area contributed by atoms with Gasteiger partial charge in [0.2, 0.25) is 7.05 Å². The SMILES string of the molecule is CC.CO.[C-]#[N+]C.c1ccccc1. The molecule has 0 aliphatic heterocycles. The molecule has 0 aliphatic carbocycles. The highest BCUT2D eigenvalue weighted by atomic mass is 16.2. The fraction of sp³-hybridized carbons (Fsp3) is 0.364. The van der Waals surface area contributed by atoms with Crippen LogP contribution in [0.15, 0.2) is 36.4 Å². The lowest BCUT2D eigenvalue weighted by Gasteiger charge is -1.69. The normalized spacial score (nSPS) is 5.23. The predicted molar refractivity (Wildman–Crippen MR) is 58.5 cm³/mol. The molecule has 1 N–H and O–H groups in total. The van der Waals surface area contributed by atoms with Crippen molar-refractivity contribution in [2.75, 3.05) is 14.2 Å². The van der Waals surface area contributed by atoms with Crippen molar-refractivity contribution < 1.29 is 5.11 Å². The lowest BCUT2D eigenvalue weighted by molar-refractivity contribution is 0.399. The molecule has 0 aromatic heterocycles. The van der Waals surface area contributed by atoms with E-state index >= 15 is 0 Å². The molecule has 1 aromatic carbocycles. The number of hydrogen-bond donors (Lipinski definition) is 1. The van der Waals surface area contributed by atoms with E-state index in [0.29, 0.717) is 0 Å². The lowest BCUT2D eigenvalue weighted by atomic mass is 10.4. The van der Waals surface area contributed by atoms with Gasteiger partial charge in [-0.05, 0) is 0 Å². The van der Waals surface area contributed by atoms with Gasteiger partial charge in [-0.15, -0.1) is 0 Å². The van der Waals surface area contributed by atoms with Crippen molar-refractivity contribution in [1.29, 1.82) is 0 Å². The molecule has 0 fully saturated rings. The third-order valence-electron chi connectivity index (χ3n) is 0.667. The molecule has 0 saturated carbocycles. The van der Waals surface area contributed by atoms with Gasteiger partial charge in [0.05, 0.1) is 0 Å². The van der Waals surface area contributed by atoms with Crippen LogP contribution in [0.5, 0.6) is 0 Å². The summed E-state index contributed by atoms with van der Waals surface area (Å²) in [6, 6.07) is 12.0. The highest BCUT2D eigenvalue weighted by molar-refractivity contribution is 4.99. The average molecular weight is 181 g/mol. The maximum atomic E-state index is 7.00. The third-order valence-corrected chi connectivity index (χ3v) is 0.667. The van der Waals surface area contributed by atoms with Gasteiger partial charge in [0.15, 0.2) is 0 Å². The standard InChI is InChI=1S/C6H6.C2H3N.C2H6.CH4O/c1-2-4-6-5-3-1;1-3-2;2*1-2/h1-6H;1H3;1-2H3;2H,1H3. The Morgan fingerprint density at radius 2 is 0.923 bits per heavy atom. The number of benzene rings is 1. The molecular weight excluding hydrogens is 162 g/mol. The van der Waals surface area contributed by atoms with Crippen LogP contribution in [0.2, 0.25) is 0 Å². The van der Waals surface area contributed by atoms with Gasteiger partial charge >= 0.3 is 0 Å². The fourth-order valence-corrected chi connectivity index (χ4v) is 0.385. The Hall–Kier alpha value is -1.33. The zero-order valence-corrected chi connectivity index (χ0v) is 8.86. The molecule has 0 atom stereocenters. The molecule has 0 heterocycles. The summed E-state index contributed by atoms with van der Waals surface area (Å²) >= 11 is 0. The molecule has 0 radical (unpaired) electrons. The van der Waals surface area contributed by atoms with Crippen LogP contribution in [0.4, 0.5) is 0 Å². The predicted octanol–water partition coefficient (Wildman–Crippen LogP) is 2.86. The molecule has 1 rings (SSSR count). The molecule has 0 unspecified atom stereocenters. The molecule has 0 bridgehead atoms. The Kier molecular flexibility index (Phi) is 42.2. The quantitative estimate of drug-likeness (QED) is 0.611. The first-order valence-corrected chi connectivity index (χ1v) is 4.12. The summed E-state index contributed by atoms with van der Waals surface area (Å²) in [5, 5.41) is 7.00.